The zero-order chi connectivity index (χ0) is 18.5. The molecule has 1 saturated heterocycles. The monoisotopic (exact) mass is 355 g/mol. The predicted octanol–water partition coefficient (Wildman–Crippen LogP) is 2.24. The van der Waals surface area contributed by atoms with Gasteiger partial charge in [-0.15, -0.1) is 0 Å². The van der Waals surface area contributed by atoms with Crippen LogP contribution < -0.4 is 15.2 Å². The fourth-order valence-corrected chi connectivity index (χ4v) is 3.17. The van der Waals surface area contributed by atoms with Crippen LogP contribution in [-0.4, -0.2) is 56.1 Å². The molecular formula is C20H25N3O3. The first kappa shape index (κ1) is 18.1. The molecule has 2 aromatic rings. The summed E-state index contributed by atoms with van der Waals surface area (Å²) >= 11 is 0. The van der Waals surface area contributed by atoms with Crippen LogP contribution in [0, 0.1) is 0 Å². The van der Waals surface area contributed by atoms with Gasteiger partial charge in [0.05, 0.1) is 14.2 Å². The second-order valence-corrected chi connectivity index (χ2v) is 6.41. The topological polar surface area (TPSA) is 68.0 Å². The highest BCUT2D eigenvalue weighted by atomic mass is 16.5. The molecule has 1 fully saturated rings. The van der Waals surface area contributed by atoms with E-state index < -0.39 is 0 Å². The normalized spacial score (nSPS) is 14.9. The Kier molecular flexibility index (Phi) is 5.63. The largest absolute Gasteiger partial charge is 0.497 e. The smallest absolute Gasteiger partial charge is 0.254 e. The average Bonchev–Trinajstić information content (AvgIpc) is 2.67. The Morgan fingerprint density at radius 2 is 1.65 bits per heavy atom. The molecule has 1 heterocycles. The van der Waals surface area contributed by atoms with Gasteiger partial charge in [0.15, 0.2) is 0 Å². The van der Waals surface area contributed by atoms with Gasteiger partial charge in [-0.05, 0) is 29.8 Å². The van der Waals surface area contributed by atoms with Crippen LogP contribution in [0.2, 0.25) is 0 Å². The van der Waals surface area contributed by atoms with E-state index in [9.17, 15) is 4.79 Å². The summed E-state index contributed by atoms with van der Waals surface area (Å²) in [5.41, 5.74) is 8.41. The molecule has 2 N–H and O–H groups in total. The fraction of sp³-hybridized carbons (Fsp3) is 0.350. The molecule has 2 aromatic carbocycles. The van der Waals surface area contributed by atoms with Crippen molar-refractivity contribution >= 4 is 11.6 Å². The lowest BCUT2D eigenvalue weighted by molar-refractivity contribution is 0.0628. The number of benzene rings is 2. The van der Waals surface area contributed by atoms with E-state index in [0.717, 1.165) is 25.3 Å². The number of carbonyl (C=O) groups is 1. The van der Waals surface area contributed by atoms with E-state index in [1.165, 1.54) is 5.56 Å². The molecule has 0 saturated carbocycles. The molecule has 1 aliphatic heterocycles. The van der Waals surface area contributed by atoms with Gasteiger partial charge in [0.1, 0.15) is 11.5 Å². The van der Waals surface area contributed by atoms with Gasteiger partial charge >= 0.3 is 0 Å². The lowest BCUT2D eigenvalue weighted by Crippen LogP contribution is -2.48. The fourth-order valence-electron chi connectivity index (χ4n) is 3.17. The summed E-state index contributed by atoms with van der Waals surface area (Å²) in [5.74, 6) is 1.24. The van der Waals surface area contributed by atoms with Crippen LogP contribution in [0.25, 0.3) is 0 Å². The quantitative estimate of drug-likeness (QED) is 0.833. The number of nitrogens with two attached hydrogens (primary N) is 1. The van der Waals surface area contributed by atoms with Gasteiger partial charge in [0.25, 0.3) is 5.91 Å². The summed E-state index contributed by atoms with van der Waals surface area (Å²) in [6.07, 6.45) is 0. The van der Waals surface area contributed by atoms with Crippen molar-refractivity contribution in [3.63, 3.8) is 0 Å². The van der Waals surface area contributed by atoms with Crippen molar-refractivity contribution < 1.29 is 14.3 Å². The molecule has 1 amide bonds. The second kappa shape index (κ2) is 8.10. The maximum Gasteiger partial charge on any atom is 0.254 e. The van der Waals surface area contributed by atoms with Crippen molar-refractivity contribution in [3.8, 4) is 11.5 Å². The Labute approximate surface area is 154 Å². The summed E-state index contributed by atoms with van der Waals surface area (Å²) in [7, 11) is 3.16. The SMILES string of the molecule is COc1cc(OC)cc(C(=O)N2CCN(Cc3cccc(N)c3)CC2)c1. The number of carbonyl (C=O) groups excluding carboxylic acids is 1. The van der Waals surface area contributed by atoms with Gasteiger partial charge in [-0.3, -0.25) is 9.69 Å². The summed E-state index contributed by atoms with van der Waals surface area (Å²) in [6, 6.07) is 13.2. The zero-order valence-electron chi connectivity index (χ0n) is 15.3. The Balaban J connectivity index is 1.61. The van der Waals surface area contributed by atoms with Crippen LogP contribution in [0.1, 0.15) is 15.9 Å². The summed E-state index contributed by atoms with van der Waals surface area (Å²) < 4.78 is 10.5. The van der Waals surface area contributed by atoms with Crippen molar-refractivity contribution in [2.45, 2.75) is 6.54 Å². The molecule has 138 valence electrons. The van der Waals surface area contributed by atoms with Crippen LogP contribution in [0.3, 0.4) is 0 Å². The third-order valence-electron chi connectivity index (χ3n) is 4.62. The number of nitrogen functional groups attached to an aromatic ring is 1. The molecule has 0 bridgehead atoms. The van der Waals surface area contributed by atoms with E-state index >= 15 is 0 Å². The Morgan fingerprint density at radius 3 is 2.23 bits per heavy atom. The van der Waals surface area contributed by atoms with E-state index in [4.69, 9.17) is 15.2 Å². The summed E-state index contributed by atoms with van der Waals surface area (Å²) in [4.78, 5) is 17.0. The second-order valence-electron chi connectivity index (χ2n) is 6.41. The number of piperazine rings is 1. The van der Waals surface area contributed by atoms with Crippen LogP contribution in [-0.2, 0) is 6.54 Å². The van der Waals surface area contributed by atoms with Crippen LogP contribution in [0.4, 0.5) is 5.69 Å². The first-order valence-electron chi connectivity index (χ1n) is 8.68. The average molecular weight is 355 g/mol. The van der Waals surface area contributed by atoms with E-state index in [-0.39, 0.29) is 5.91 Å². The highest BCUT2D eigenvalue weighted by Crippen LogP contribution is 2.24. The minimum Gasteiger partial charge on any atom is -0.497 e. The minimum absolute atomic E-state index is 0.00538. The number of nitrogens with zero attached hydrogens (tertiary/aromatic N) is 2. The molecule has 0 spiro atoms. The molecule has 0 aromatic heterocycles. The Bertz CT molecular complexity index is 748. The molecular weight excluding hydrogens is 330 g/mol. The molecule has 26 heavy (non-hydrogen) atoms. The van der Waals surface area contributed by atoms with Crippen molar-refractivity contribution in [2.24, 2.45) is 0 Å². The number of rotatable bonds is 5. The maximum atomic E-state index is 12.8. The van der Waals surface area contributed by atoms with Crippen molar-refractivity contribution in [3.05, 3.63) is 53.6 Å². The van der Waals surface area contributed by atoms with E-state index in [1.54, 1.807) is 32.4 Å². The zero-order valence-corrected chi connectivity index (χ0v) is 15.3. The Hall–Kier alpha value is -2.73. The lowest BCUT2D eigenvalue weighted by atomic mass is 10.1. The lowest BCUT2D eigenvalue weighted by Gasteiger charge is -2.35. The predicted molar refractivity (Wildman–Crippen MR) is 102 cm³/mol. The van der Waals surface area contributed by atoms with Gasteiger partial charge in [-0.2, -0.15) is 0 Å². The Morgan fingerprint density at radius 1 is 1.00 bits per heavy atom. The molecule has 6 heteroatoms. The van der Waals surface area contributed by atoms with Crippen molar-refractivity contribution in [1.82, 2.24) is 9.80 Å². The van der Waals surface area contributed by atoms with Gasteiger partial charge in [-0.25, -0.2) is 0 Å². The van der Waals surface area contributed by atoms with E-state index in [2.05, 4.69) is 11.0 Å². The number of hydrogen-bond donors (Lipinski definition) is 1. The third kappa shape index (κ3) is 4.26. The van der Waals surface area contributed by atoms with Gasteiger partial charge in [-0.1, -0.05) is 12.1 Å². The van der Waals surface area contributed by atoms with Gasteiger partial charge in [0.2, 0.25) is 0 Å². The van der Waals surface area contributed by atoms with E-state index in [0.29, 0.717) is 30.2 Å². The molecule has 6 nitrogen and oxygen atoms in total. The summed E-state index contributed by atoms with van der Waals surface area (Å²) in [6.45, 7) is 3.91. The third-order valence-corrected chi connectivity index (χ3v) is 4.62. The minimum atomic E-state index is 0.00538. The van der Waals surface area contributed by atoms with Crippen LogP contribution in [0.5, 0.6) is 11.5 Å². The van der Waals surface area contributed by atoms with Crippen molar-refractivity contribution in [2.75, 3.05) is 46.1 Å². The molecule has 0 unspecified atom stereocenters. The molecule has 3 rings (SSSR count). The van der Waals surface area contributed by atoms with E-state index in [1.807, 2.05) is 23.1 Å². The number of anilines is 1. The number of hydrogen-bond acceptors (Lipinski definition) is 5. The van der Waals surface area contributed by atoms with Gasteiger partial charge < -0.3 is 20.1 Å². The summed E-state index contributed by atoms with van der Waals surface area (Å²) in [5, 5.41) is 0. The standard InChI is InChI=1S/C20H25N3O3/c1-25-18-11-16(12-19(13-18)26-2)20(24)23-8-6-22(7-9-23)14-15-4-3-5-17(21)10-15/h3-5,10-13H,6-9,14,21H2,1-2H3. The highest BCUT2D eigenvalue weighted by molar-refractivity contribution is 5.95. The molecule has 0 radical (unpaired) electrons. The molecule has 1 aliphatic rings. The number of ether oxygens (including phenoxy) is 2. The first-order chi connectivity index (χ1) is 12.6. The van der Waals surface area contributed by atoms with Crippen LogP contribution in [0.15, 0.2) is 42.5 Å². The molecule has 0 aliphatic carbocycles. The van der Waals surface area contributed by atoms with Crippen LogP contribution >= 0.6 is 0 Å². The van der Waals surface area contributed by atoms with Gasteiger partial charge in [0, 0.05) is 50.0 Å². The maximum absolute atomic E-state index is 12.8. The molecule has 0 atom stereocenters. The number of methoxy groups -OCH3 is 2. The highest BCUT2D eigenvalue weighted by Gasteiger charge is 2.23. The number of amides is 1. The van der Waals surface area contributed by atoms with Crippen molar-refractivity contribution in [1.29, 1.82) is 0 Å². The first-order valence-corrected chi connectivity index (χ1v) is 8.68.